The number of hydrazine groups is 1. The van der Waals surface area contributed by atoms with Gasteiger partial charge in [0.1, 0.15) is 0 Å². The number of pyridine rings is 1. The van der Waals surface area contributed by atoms with Crippen molar-refractivity contribution in [3.05, 3.63) is 65.0 Å². The van der Waals surface area contributed by atoms with Gasteiger partial charge >= 0.3 is 0 Å². The third-order valence-electron chi connectivity index (χ3n) is 3.69. The first kappa shape index (κ1) is 13.7. The molecule has 1 heterocycles. The fraction of sp³-hybridized carbons (Fsp3) is 0.312. The average Bonchev–Trinajstić information content (AvgIpc) is 2.45. The van der Waals surface area contributed by atoms with E-state index in [1.807, 2.05) is 12.4 Å². The Labute approximate surface area is 114 Å². The Morgan fingerprint density at radius 2 is 1.89 bits per heavy atom. The summed E-state index contributed by atoms with van der Waals surface area (Å²) in [7, 11) is 0. The summed E-state index contributed by atoms with van der Waals surface area (Å²) in [6.07, 6.45) is 5.63. The van der Waals surface area contributed by atoms with Crippen molar-refractivity contribution in [2.24, 2.45) is 5.84 Å². The first-order valence-corrected chi connectivity index (χ1v) is 6.63. The lowest BCUT2D eigenvalue weighted by Gasteiger charge is -2.19. The number of hydrogen-bond acceptors (Lipinski definition) is 3. The molecule has 0 spiro atoms. The van der Waals surface area contributed by atoms with E-state index in [0.717, 1.165) is 12.8 Å². The Balaban J connectivity index is 2.10. The summed E-state index contributed by atoms with van der Waals surface area (Å²) < 4.78 is 0. The Kier molecular flexibility index (Phi) is 4.66. The van der Waals surface area contributed by atoms with Crippen LogP contribution in [0.4, 0.5) is 0 Å². The lowest BCUT2D eigenvalue weighted by Crippen LogP contribution is -2.29. The summed E-state index contributed by atoms with van der Waals surface area (Å²) in [6.45, 7) is 4.29. The van der Waals surface area contributed by atoms with Gasteiger partial charge in [0.2, 0.25) is 0 Å². The lowest BCUT2D eigenvalue weighted by atomic mass is 9.94. The lowest BCUT2D eigenvalue weighted by molar-refractivity contribution is 0.514. The van der Waals surface area contributed by atoms with Gasteiger partial charge in [-0.3, -0.25) is 16.3 Å². The molecule has 0 aliphatic carbocycles. The molecular formula is C16H21N3. The number of aromatic nitrogens is 1. The highest BCUT2D eigenvalue weighted by Crippen LogP contribution is 2.23. The predicted octanol–water partition coefficient (Wildman–Crippen LogP) is 2.84. The van der Waals surface area contributed by atoms with Crippen molar-refractivity contribution in [3.63, 3.8) is 0 Å². The zero-order valence-corrected chi connectivity index (χ0v) is 11.6. The fourth-order valence-electron chi connectivity index (χ4n) is 2.34. The number of nitrogens with zero attached hydrogens (tertiary/aromatic N) is 1. The molecule has 1 aromatic heterocycles. The monoisotopic (exact) mass is 255 g/mol. The molecule has 0 radical (unpaired) electrons. The Hall–Kier alpha value is -1.71. The quantitative estimate of drug-likeness (QED) is 0.638. The Morgan fingerprint density at radius 1 is 1.16 bits per heavy atom. The van der Waals surface area contributed by atoms with Gasteiger partial charge in [-0.15, -0.1) is 0 Å². The SMILES string of the molecule is Cc1cccc(C(CCc2ccncc2)NN)c1C. The highest BCUT2D eigenvalue weighted by atomic mass is 15.2. The van der Waals surface area contributed by atoms with E-state index >= 15 is 0 Å². The molecule has 0 amide bonds. The van der Waals surface area contributed by atoms with E-state index in [2.05, 4.69) is 54.6 Å². The van der Waals surface area contributed by atoms with Crippen molar-refractivity contribution in [1.82, 2.24) is 10.4 Å². The minimum atomic E-state index is 0.188. The van der Waals surface area contributed by atoms with Crippen LogP contribution in [0.5, 0.6) is 0 Å². The van der Waals surface area contributed by atoms with Crippen LogP contribution in [0.1, 0.15) is 34.7 Å². The molecular weight excluding hydrogens is 234 g/mol. The van der Waals surface area contributed by atoms with Gasteiger partial charge in [-0.2, -0.15) is 0 Å². The molecule has 2 aromatic rings. The molecule has 100 valence electrons. The second-order valence-corrected chi connectivity index (χ2v) is 4.90. The summed E-state index contributed by atoms with van der Waals surface area (Å²) in [5.41, 5.74) is 8.15. The van der Waals surface area contributed by atoms with Crippen LogP contribution < -0.4 is 11.3 Å². The molecule has 0 aliphatic heterocycles. The highest BCUT2D eigenvalue weighted by molar-refractivity contribution is 5.35. The first-order valence-electron chi connectivity index (χ1n) is 6.63. The Bertz CT molecular complexity index is 523. The van der Waals surface area contributed by atoms with Crippen molar-refractivity contribution >= 4 is 0 Å². The summed E-state index contributed by atoms with van der Waals surface area (Å²) in [6, 6.07) is 10.7. The number of aryl methyl sites for hydroxylation is 2. The zero-order chi connectivity index (χ0) is 13.7. The zero-order valence-electron chi connectivity index (χ0n) is 11.6. The second-order valence-electron chi connectivity index (χ2n) is 4.90. The number of benzene rings is 1. The van der Waals surface area contributed by atoms with E-state index in [-0.39, 0.29) is 6.04 Å². The van der Waals surface area contributed by atoms with Crippen LogP contribution in [0, 0.1) is 13.8 Å². The van der Waals surface area contributed by atoms with Crippen molar-refractivity contribution in [2.75, 3.05) is 0 Å². The van der Waals surface area contributed by atoms with Crippen LogP contribution >= 0.6 is 0 Å². The van der Waals surface area contributed by atoms with Gasteiger partial charge in [0.15, 0.2) is 0 Å². The maximum absolute atomic E-state index is 5.73. The van der Waals surface area contributed by atoms with Crippen LogP contribution in [0.3, 0.4) is 0 Å². The van der Waals surface area contributed by atoms with Gasteiger partial charge in [-0.1, -0.05) is 18.2 Å². The van der Waals surface area contributed by atoms with Crippen molar-refractivity contribution in [1.29, 1.82) is 0 Å². The fourth-order valence-corrected chi connectivity index (χ4v) is 2.34. The number of hydrogen-bond donors (Lipinski definition) is 2. The summed E-state index contributed by atoms with van der Waals surface area (Å²) in [4.78, 5) is 4.04. The summed E-state index contributed by atoms with van der Waals surface area (Å²) >= 11 is 0. The molecule has 1 atom stereocenters. The molecule has 3 heteroatoms. The molecule has 0 fully saturated rings. The Morgan fingerprint density at radius 3 is 2.58 bits per heavy atom. The van der Waals surface area contributed by atoms with Crippen molar-refractivity contribution in [3.8, 4) is 0 Å². The number of rotatable bonds is 5. The first-order chi connectivity index (χ1) is 9.22. The summed E-state index contributed by atoms with van der Waals surface area (Å²) in [5, 5.41) is 0. The molecule has 0 aliphatic rings. The minimum absolute atomic E-state index is 0.188. The van der Waals surface area contributed by atoms with Crippen molar-refractivity contribution in [2.45, 2.75) is 32.7 Å². The second kappa shape index (κ2) is 6.45. The van der Waals surface area contributed by atoms with Crippen LogP contribution in [-0.4, -0.2) is 4.98 Å². The van der Waals surface area contributed by atoms with Gasteiger partial charge in [0, 0.05) is 18.4 Å². The van der Waals surface area contributed by atoms with Gasteiger partial charge < -0.3 is 0 Å². The maximum atomic E-state index is 5.73. The molecule has 1 unspecified atom stereocenters. The van der Waals surface area contributed by atoms with Crippen LogP contribution in [0.15, 0.2) is 42.7 Å². The van der Waals surface area contributed by atoms with Gasteiger partial charge in [-0.25, -0.2) is 0 Å². The smallest absolute Gasteiger partial charge is 0.0465 e. The van der Waals surface area contributed by atoms with Gasteiger partial charge in [-0.05, 0) is 61.1 Å². The third-order valence-corrected chi connectivity index (χ3v) is 3.69. The molecule has 1 aromatic carbocycles. The molecule has 19 heavy (non-hydrogen) atoms. The highest BCUT2D eigenvalue weighted by Gasteiger charge is 2.12. The number of nitrogens with two attached hydrogens (primary N) is 1. The molecule has 3 N–H and O–H groups in total. The topological polar surface area (TPSA) is 50.9 Å². The maximum Gasteiger partial charge on any atom is 0.0465 e. The predicted molar refractivity (Wildman–Crippen MR) is 78.5 cm³/mol. The van der Waals surface area contributed by atoms with Gasteiger partial charge in [0.25, 0.3) is 0 Å². The largest absolute Gasteiger partial charge is 0.271 e. The summed E-state index contributed by atoms with van der Waals surface area (Å²) in [5.74, 6) is 5.73. The van der Waals surface area contributed by atoms with Crippen LogP contribution in [-0.2, 0) is 6.42 Å². The van der Waals surface area contributed by atoms with E-state index in [1.54, 1.807) is 0 Å². The molecule has 0 bridgehead atoms. The van der Waals surface area contributed by atoms with E-state index in [1.165, 1.54) is 22.3 Å². The normalized spacial score (nSPS) is 12.4. The molecule has 3 nitrogen and oxygen atoms in total. The molecule has 0 saturated heterocycles. The van der Waals surface area contributed by atoms with Crippen molar-refractivity contribution < 1.29 is 0 Å². The standard InChI is InChI=1S/C16H21N3/c1-12-4-3-5-15(13(12)2)16(19-17)7-6-14-8-10-18-11-9-14/h3-5,8-11,16,19H,6-7,17H2,1-2H3. The van der Waals surface area contributed by atoms with Crippen LogP contribution in [0.25, 0.3) is 0 Å². The number of nitrogens with one attached hydrogen (secondary N) is 1. The van der Waals surface area contributed by atoms with E-state index in [0.29, 0.717) is 0 Å². The van der Waals surface area contributed by atoms with Crippen LogP contribution in [0.2, 0.25) is 0 Å². The third kappa shape index (κ3) is 3.40. The molecule has 2 rings (SSSR count). The average molecular weight is 255 g/mol. The van der Waals surface area contributed by atoms with Gasteiger partial charge in [0.05, 0.1) is 0 Å². The van der Waals surface area contributed by atoms with E-state index in [9.17, 15) is 0 Å². The minimum Gasteiger partial charge on any atom is -0.271 e. The van der Waals surface area contributed by atoms with E-state index in [4.69, 9.17) is 5.84 Å². The van der Waals surface area contributed by atoms with E-state index < -0.39 is 0 Å². The molecule has 0 saturated carbocycles.